The zero-order valence-corrected chi connectivity index (χ0v) is 15.8. The number of halogens is 1. The maximum absolute atomic E-state index is 13.6. The van der Waals surface area contributed by atoms with Crippen molar-refractivity contribution >= 4 is 11.3 Å². The summed E-state index contributed by atoms with van der Waals surface area (Å²) >= 11 is 0. The molecule has 4 aliphatic rings. The van der Waals surface area contributed by atoms with Crippen LogP contribution in [0.25, 0.3) is 5.52 Å². The Balaban J connectivity index is 1.17. The molecule has 1 unspecified atom stereocenters. The zero-order chi connectivity index (χ0) is 20.2. The van der Waals surface area contributed by atoms with Gasteiger partial charge in [-0.1, -0.05) is 5.16 Å². The molecule has 0 radical (unpaired) electrons. The predicted molar refractivity (Wildman–Crippen MR) is 99.4 cm³/mol. The van der Waals surface area contributed by atoms with Crippen LogP contribution in [0, 0.1) is 24.6 Å². The Morgan fingerprint density at radius 3 is 3.10 bits per heavy atom. The van der Waals surface area contributed by atoms with Gasteiger partial charge in [-0.3, -0.25) is 9.36 Å². The first-order valence-electron chi connectivity index (χ1n) is 9.70. The molecule has 6 heterocycles. The maximum atomic E-state index is 13.6. The summed E-state index contributed by atoms with van der Waals surface area (Å²) in [6.45, 7) is 2.77. The third kappa shape index (κ3) is 1.83. The van der Waals surface area contributed by atoms with Crippen LogP contribution in [-0.2, 0) is 12.0 Å². The third-order valence-electron chi connectivity index (χ3n) is 6.80. The molecule has 0 N–H and O–H groups in total. The Kier molecular flexibility index (Phi) is 2.75. The van der Waals surface area contributed by atoms with Crippen molar-refractivity contribution in [2.45, 2.75) is 24.9 Å². The minimum Gasteiger partial charge on any atom is -0.352 e. The van der Waals surface area contributed by atoms with Gasteiger partial charge in [0.2, 0.25) is 5.89 Å². The summed E-state index contributed by atoms with van der Waals surface area (Å²) in [6, 6.07) is 3.04. The van der Waals surface area contributed by atoms with Crippen LogP contribution in [0.4, 0.5) is 10.2 Å². The van der Waals surface area contributed by atoms with Crippen molar-refractivity contribution < 1.29 is 8.91 Å². The Bertz CT molecular complexity index is 1400. The van der Waals surface area contributed by atoms with E-state index >= 15 is 0 Å². The van der Waals surface area contributed by atoms with Crippen LogP contribution >= 0.6 is 0 Å². The molecule has 4 aromatic heterocycles. The highest BCUT2D eigenvalue weighted by atomic mass is 19.1. The lowest BCUT2D eigenvalue weighted by atomic mass is 10.1. The molecule has 2 saturated heterocycles. The maximum Gasteiger partial charge on any atom is 0.280 e. The van der Waals surface area contributed by atoms with Crippen molar-refractivity contribution in [2.75, 3.05) is 11.4 Å². The van der Waals surface area contributed by atoms with Gasteiger partial charge < -0.3 is 9.42 Å². The number of anilines is 1. The van der Waals surface area contributed by atoms with E-state index in [0.29, 0.717) is 34.9 Å². The SMILES string of the molecule is Cc1cnn2ncn(Cc3nc([C@@]45C6[C@H]4[C@H]5CN6c4cc(F)ccn4)no3)c(=O)c12. The second kappa shape index (κ2) is 5.10. The fraction of sp³-hybridized carbons (Fsp3) is 0.368. The summed E-state index contributed by atoms with van der Waals surface area (Å²) in [5, 5.41) is 12.4. The normalized spacial score (nSPS) is 28.2. The summed E-state index contributed by atoms with van der Waals surface area (Å²) in [6.07, 6.45) is 4.51. The van der Waals surface area contributed by atoms with Gasteiger partial charge in [0.05, 0.1) is 11.6 Å². The van der Waals surface area contributed by atoms with Crippen LogP contribution in [0.5, 0.6) is 0 Å². The summed E-state index contributed by atoms with van der Waals surface area (Å²) in [4.78, 5) is 23.7. The molecule has 4 fully saturated rings. The van der Waals surface area contributed by atoms with Crippen LogP contribution in [0.3, 0.4) is 0 Å². The van der Waals surface area contributed by atoms with Gasteiger partial charge in [0.15, 0.2) is 11.3 Å². The van der Waals surface area contributed by atoms with Crippen molar-refractivity contribution in [1.82, 2.24) is 34.5 Å². The van der Waals surface area contributed by atoms with Gasteiger partial charge in [-0.25, -0.2) is 9.37 Å². The number of nitrogens with zero attached hydrogens (tertiary/aromatic N) is 8. The lowest BCUT2D eigenvalue weighted by Gasteiger charge is -2.17. The minimum atomic E-state index is -0.292. The summed E-state index contributed by atoms with van der Waals surface area (Å²) in [5.74, 6) is 2.28. The molecule has 4 aromatic rings. The van der Waals surface area contributed by atoms with Crippen molar-refractivity contribution in [1.29, 1.82) is 0 Å². The van der Waals surface area contributed by atoms with Crippen LogP contribution < -0.4 is 10.5 Å². The molecule has 0 spiro atoms. The largest absolute Gasteiger partial charge is 0.352 e. The van der Waals surface area contributed by atoms with Crippen molar-refractivity contribution in [3.63, 3.8) is 0 Å². The molecule has 30 heavy (non-hydrogen) atoms. The molecule has 2 bridgehead atoms. The van der Waals surface area contributed by atoms with E-state index in [4.69, 9.17) is 4.52 Å². The quantitative estimate of drug-likeness (QED) is 0.484. The monoisotopic (exact) mass is 406 g/mol. The minimum absolute atomic E-state index is 0.120. The molecule has 10 nitrogen and oxygen atoms in total. The van der Waals surface area contributed by atoms with E-state index in [2.05, 4.69) is 30.2 Å². The first-order chi connectivity index (χ1) is 14.6. The molecule has 2 aliphatic heterocycles. The molecular formula is C19H15FN8O2. The van der Waals surface area contributed by atoms with Crippen LogP contribution in [0.15, 0.2) is 40.2 Å². The Labute approximate surface area is 167 Å². The van der Waals surface area contributed by atoms with Crippen molar-refractivity contribution in [3.05, 3.63) is 64.3 Å². The number of pyridine rings is 1. The van der Waals surface area contributed by atoms with Crippen molar-refractivity contribution in [2.24, 2.45) is 11.8 Å². The standard InChI is InChI=1S/C19H15FN8O2/c1-9-5-22-28-15(9)17(29)26(8-23-28)7-13-24-18(25-30-13)19-11-6-27(16(19)14(11)19)12-4-10(20)2-3-21-12/h2-5,8,11,14,16H,6-7H2,1H3/t11-,14-,16?,19-/m1/s1. The molecule has 8 rings (SSSR count). The first kappa shape index (κ1) is 16.2. The van der Waals surface area contributed by atoms with Crippen LogP contribution in [0.1, 0.15) is 17.3 Å². The second-order valence-corrected chi connectivity index (χ2v) is 8.24. The molecule has 11 heteroatoms. The zero-order valence-electron chi connectivity index (χ0n) is 15.8. The van der Waals surface area contributed by atoms with Gasteiger partial charge in [0, 0.05) is 36.3 Å². The number of fused-ring (bicyclic) bond motifs is 2. The van der Waals surface area contributed by atoms with Gasteiger partial charge in [-0.15, -0.1) is 9.73 Å². The highest BCUT2D eigenvalue weighted by Gasteiger charge is 2.95. The average Bonchev–Trinajstić information content (AvgIpc) is 3.21. The topological polar surface area (TPSA) is 107 Å². The smallest absolute Gasteiger partial charge is 0.280 e. The first-order valence-corrected chi connectivity index (χ1v) is 9.70. The van der Waals surface area contributed by atoms with E-state index < -0.39 is 0 Å². The van der Waals surface area contributed by atoms with Gasteiger partial charge in [-0.2, -0.15) is 10.1 Å². The van der Waals surface area contributed by atoms with E-state index in [1.165, 1.54) is 33.9 Å². The molecular weight excluding hydrogens is 391 g/mol. The Morgan fingerprint density at radius 2 is 2.27 bits per heavy atom. The predicted octanol–water partition coefficient (Wildman–Crippen LogP) is 0.551. The van der Waals surface area contributed by atoms with E-state index in [9.17, 15) is 9.18 Å². The molecule has 2 aliphatic carbocycles. The highest BCUT2D eigenvalue weighted by Crippen LogP contribution is 2.85. The molecule has 2 saturated carbocycles. The third-order valence-corrected chi connectivity index (χ3v) is 6.80. The van der Waals surface area contributed by atoms with E-state index in [1.807, 2.05) is 6.92 Å². The van der Waals surface area contributed by atoms with Crippen LogP contribution in [-0.4, -0.2) is 47.1 Å². The van der Waals surface area contributed by atoms with Gasteiger partial charge >= 0.3 is 0 Å². The lowest BCUT2D eigenvalue weighted by molar-refractivity contribution is 0.361. The fourth-order valence-electron chi connectivity index (χ4n) is 5.34. The second-order valence-electron chi connectivity index (χ2n) is 8.24. The molecule has 4 atom stereocenters. The van der Waals surface area contributed by atoms with Gasteiger partial charge in [-0.05, 0) is 18.9 Å². The van der Waals surface area contributed by atoms with E-state index in [-0.39, 0.29) is 29.4 Å². The summed E-state index contributed by atoms with van der Waals surface area (Å²) in [5.41, 5.74) is 0.854. The number of aromatic nitrogens is 7. The van der Waals surface area contributed by atoms with Gasteiger partial charge in [0.25, 0.3) is 5.56 Å². The molecule has 0 aromatic carbocycles. The van der Waals surface area contributed by atoms with Crippen molar-refractivity contribution in [3.8, 4) is 0 Å². The summed E-state index contributed by atoms with van der Waals surface area (Å²) < 4.78 is 21.8. The average molecular weight is 406 g/mol. The number of piperidine rings is 1. The van der Waals surface area contributed by atoms with E-state index in [1.54, 1.807) is 6.20 Å². The van der Waals surface area contributed by atoms with Gasteiger partial charge in [0.1, 0.15) is 24.5 Å². The Morgan fingerprint density at radius 1 is 1.37 bits per heavy atom. The number of rotatable bonds is 4. The fourth-order valence-corrected chi connectivity index (χ4v) is 5.34. The van der Waals surface area contributed by atoms with Crippen LogP contribution in [0.2, 0.25) is 0 Å². The number of aryl methyl sites for hydroxylation is 1. The lowest BCUT2D eigenvalue weighted by Crippen LogP contribution is -2.24. The van der Waals surface area contributed by atoms with E-state index in [0.717, 1.165) is 12.1 Å². The number of hydrogen-bond donors (Lipinski definition) is 0. The molecule has 150 valence electrons. The summed E-state index contributed by atoms with van der Waals surface area (Å²) in [7, 11) is 0. The number of hydrogen-bond acceptors (Lipinski definition) is 8. The molecule has 0 amide bonds. The Hall–Kier alpha value is -3.63. The highest BCUT2D eigenvalue weighted by molar-refractivity contribution is 5.64.